The van der Waals surface area contributed by atoms with Crippen molar-refractivity contribution >= 4 is 35.1 Å². The van der Waals surface area contributed by atoms with Gasteiger partial charge in [-0.3, -0.25) is 34.2 Å². The molecule has 0 radical (unpaired) electrons. The van der Waals surface area contributed by atoms with E-state index >= 15 is 0 Å². The molecule has 3 amide bonds. The maximum atomic E-state index is 12.7. The van der Waals surface area contributed by atoms with Crippen molar-refractivity contribution in [3.05, 3.63) is 69.3 Å². The molecule has 1 atom stereocenters. The largest absolute Gasteiger partial charge is 0.451 e. The molecule has 2 aromatic carbocycles. The summed E-state index contributed by atoms with van der Waals surface area (Å²) in [6.07, 6.45) is -0.445. The fraction of sp³-hybridized carbons (Fsp3) is 0.238. The summed E-state index contributed by atoms with van der Waals surface area (Å²) in [6.45, 7) is 1.12. The Kier molecular flexibility index (Phi) is 4.97. The Bertz CT molecular complexity index is 1140. The Labute approximate surface area is 176 Å². The highest BCUT2D eigenvalue weighted by molar-refractivity contribution is 6.24. The second-order valence-electron chi connectivity index (χ2n) is 7.15. The van der Waals surface area contributed by atoms with Gasteiger partial charge in [0.1, 0.15) is 12.1 Å². The molecule has 4 rings (SSSR count). The highest BCUT2D eigenvalue weighted by Crippen LogP contribution is 2.31. The van der Waals surface area contributed by atoms with Gasteiger partial charge in [0, 0.05) is 18.3 Å². The molecule has 0 saturated carbocycles. The number of nitro groups is 1. The lowest BCUT2D eigenvalue weighted by molar-refractivity contribution is -0.385. The van der Waals surface area contributed by atoms with E-state index in [4.69, 9.17) is 4.74 Å². The lowest BCUT2D eigenvalue weighted by Gasteiger charge is -2.22. The predicted octanol–water partition coefficient (Wildman–Crippen LogP) is 1.71. The summed E-state index contributed by atoms with van der Waals surface area (Å²) in [7, 11) is 0. The van der Waals surface area contributed by atoms with Gasteiger partial charge in [0.2, 0.25) is 0 Å². The van der Waals surface area contributed by atoms with Crippen LogP contribution in [0.5, 0.6) is 0 Å². The monoisotopic (exact) mass is 423 g/mol. The van der Waals surface area contributed by atoms with Crippen LogP contribution < -0.4 is 4.90 Å². The Morgan fingerprint density at radius 3 is 2.61 bits per heavy atom. The Morgan fingerprint density at radius 2 is 1.87 bits per heavy atom. The Hall–Kier alpha value is -4.08. The van der Waals surface area contributed by atoms with Crippen LogP contribution >= 0.6 is 0 Å². The van der Waals surface area contributed by atoms with Gasteiger partial charge >= 0.3 is 5.97 Å². The van der Waals surface area contributed by atoms with Crippen molar-refractivity contribution in [2.75, 3.05) is 18.0 Å². The average Bonchev–Trinajstić information content (AvgIpc) is 3.28. The zero-order valence-corrected chi connectivity index (χ0v) is 16.4. The molecule has 2 aromatic rings. The van der Waals surface area contributed by atoms with Gasteiger partial charge in [0.15, 0.2) is 6.10 Å². The van der Waals surface area contributed by atoms with E-state index in [9.17, 15) is 29.3 Å². The first-order valence-corrected chi connectivity index (χ1v) is 9.52. The number of imide groups is 1. The van der Waals surface area contributed by atoms with Crippen molar-refractivity contribution < 1.29 is 28.8 Å². The lowest BCUT2D eigenvalue weighted by Crippen LogP contribution is -2.42. The number of amides is 3. The second kappa shape index (κ2) is 7.63. The summed E-state index contributed by atoms with van der Waals surface area (Å²) in [5.41, 5.74) is 0.751. The summed E-state index contributed by atoms with van der Waals surface area (Å²) in [4.78, 5) is 62.6. The molecule has 0 bridgehead atoms. The van der Waals surface area contributed by atoms with Crippen LogP contribution in [0, 0.1) is 10.1 Å². The molecule has 2 aliphatic rings. The highest BCUT2D eigenvalue weighted by Gasteiger charge is 2.42. The number of hydrogen-bond acceptors (Lipinski definition) is 7. The smallest absolute Gasteiger partial charge is 0.326 e. The maximum Gasteiger partial charge on any atom is 0.326 e. The molecule has 10 heteroatoms. The molecule has 10 nitrogen and oxygen atoms in total. The predicted molar refractivity (Wildman–Crippen MR) is 107 cm³/mol. The van der Waals surface area contributed by atoms with Crippen LogP contribution in [-0.4, -0.2) is 52.7 Å². The van der Waals surface area contributed by atoms with Crippen molar-refractivity contribution in [1.82, 2.24) is 4.90 Å². The zero-order valence-electron chi connectivity index (χ0n) is 16.4. The minimum Gasteiger partial charge on any atom is -0.451 e. The summed E-state index contributed by atoms with van der Waals surface area (Å²) in [6, 6.07) is 11.1. The molecule has 1 unspecified atom stereocenters. The molecular formula is C21H17N3O7. The molecule has 0 aliphatic carbocycles. The zero-order chi connectivity index (χ0) is 22.3. The molecule has 2 heterocycles. The van der Waals surface area contributed by atoms with Gasteiger partial charge in [-0.15, -0.1) is 0 Å². The van der Waals surface area contributed by atoms with Crippen LogP contribution in [0.4, 0.5) is 11.4 Å². The number of rotatable bonds is 5. The Balaban J connectivity index is 1.44. The molecule has 0 N–H and O–H groups in total. The van der Waals surface area contributed by atoms with Crippen LogP contribution in [0.25, 0.3) is 0 Å². The van der Waals surface area contributed by atoms with Gasteiger partial charge < -0.3 is 9.64 Å². The van der Waals surface area contributed by atoms with Crippen molar-refractivity contribution in [3.8, 4) is 0 Å². The molecule has 0 aromatic heterocycles. The minimum absolute atomic E-state index is 0.148. The summed E-state index contributed by atoms with van der Waals surface area (Å²) in [5.74, 6) is -3.16. The first kappa shape index (κ1) is 20.2. The van der Waals surface area contributed by atoms with E-state index in [0.717, 1.165) is 17.3 Å². The van der Waals surface area contributed by atoms with Crippen LogP contribution in [0.15, 0.2) is 42.5 Å². The molecule has 2 aliphatic heterocycles. The number of nitro benzene ring substituents is 1. The molecule has 0 fully saturated rings. The SMILES string of the molecule is CC(OC(=O)CN1C(=O)c2cccc([N+](=O)[O-])c2C1=O)C(=O)N1CCc2ccccc21. The quantitative estimate of drug-likeness (QED) is 0.310. The number of para-hydroxylation sites is 1. The highest BCUT2D eigenvalue weighted by atomic mass is 16.6. The first-order valence-electron chi connectivity index (χ1n) is 9.52. The van der Waals surface area contributed by atoms with E-state index in [2.05, 4.69) is 0 Å². The number of carbonyl (C=O) groups excluding carboxylic acids is 4. The third-order valence-electron chi connectivity index (χ3n) is 5.27. The number of esters is 1. The van der Waals surface area contributed by atoms with E-state index in [1.54, 1.807) is 6.07 Å². The van der Waals surface area contributed by atoms with Crippen LogP contribution in [0.1, 0.15) is 33.2 Å². The van der Waals surface area contributed by atoms with Gasteiger partial charge in [-0.25, -0.2) is 0 Å². The van der Waals surface area contributed by atoms with Crippen molar-refractivity contribution in [2.24, 2.45) is 0 Å². The Morgan fingerprint density at radius 1 is 1.13 bits per heavy atom. The van der Waals surface area contributed by atoms with Crippen molar-refractivity contribution in [1.29, 1.82) is 0 Å². The summed E-state index contributed by atoms with van der Waals surface area (Å²) in [5, 5.41) is 11.2. The number of nitrogens with zero attached hydrogens (tertiary/aromatic N) is 3. The maximum absolute atomic E-state index is 12.7. The number of carbonyl (C=O) groups is 4. The first-order chi connectivity index (χ1) is 14.8. The van der Waals surface area contributed by atoms with E-state index in [1.807, 2.05) is 18.2 Å². The number of ether oxygens (including phenoxy) is 1. The fourth-order valence-electron chi connectivity index (χ4n) is 3.81. The number of fused-ring (bicyclic) bond motifs is 2. The standard InChI is InChI=1S/C21H17N3O7/c1-12(19(26)22-10-9-13-5-2-3-7-15(13)22)31-17(25)11-23-20(27)14-6-4-8-16(24(29)30)18(14)21(23)28/h2-8,12H,9-11H2,1H3. The van der Waals surface area contributed by atoms with E-state index in [1.165, 1.54) is 24.0 Å². The van der Waals surface area contributed by atoms with Crippen molar-refractivity contribution in [2.45, 2.75) is 19.4 Å². The van der Waals surface area contributed by atoms with Crippen LogP contribution in [0.2, 0.25) is 0 Å². The normalized spacial score (nSPS) is 15.5. The molecule has 0 spiro atoms. The topological polar surface area (TPSA) is 127 Å². The van der Waals surface area contributed by atoms with E-state index in [0.29, 0.717) is 17.9 Å². The summed E-state index contributed by atoms with van der Waals surface area (Å²) >= 11 is 0. The van der Waals surface area contributed by atoms with Gasteiger partial charge in [0.25, 0.3) is 23.4 Å². The van der Waals surface area contributed by atoms with Gasteiger partial charge in [-0.05, 0) is 31.0 Å². The molecule has 0 saturated heterocycles. The van der Waals surface area contributed by atoms with Crippen LogP contribution in [-0.2, 0) is 20.7 Å². The number of hydrogen-bond donors (Lipinski definition) is 0. The third kappa shape index (κ3) is 3.41. The third-order valence-corrected chi connectivity index (χ3v) is 5.27. The van der Waals surface area contributed by atoms with Crippen molar-refractivity contribution in [3.63, 3.8) is 0 Å². The number of benzene rings is 2. The second-order valence-corrected chi connectivity index (χ2v) is 7.15. The minimum atomic E-state index is -1.14. The number of anilines is 1. The van der Waals surface area contributed by atoms with E-state index < -0.39 is 47.0 Å². The van der Waals surface area contributed by atoms with Gasteiger partial charge in [-0.2, -0.15) is 0 Å². The summed E-state index contributed by atoms with van der Waals surface area (Å²) < 4.78 is 5.16. The van der Waals surface area contributed by atoms with E-state index in [-0.39, 0.29) is 11.1 Å². The molecule has 158 valence electrons. The van der Waals surface area contributed by atoms with Gasteiger partial charge in [-0.1, -0.05) is 24.3 Å². The molecule has 31 heavy (non-hydrogen) atoms. The average molecular weight is 423 g/mol. The fourth-order valence-corrected chi connectivity index (χ4v) is 3.81. The lowest BCUT2D eigenvalue weighted by atomic mass is 10.1. The van der Waals surface area contributed by atoms with Crippen LogP contribution in [0.3, 0.4) is 0 Å². The molecular weight excluding hydrogens is 406 g/mol. The van der Waals surface area contributed by atoms with Gasteiger partial charge in [0.05, 0.1) is 10.5 Å².